The summed E-state index contributed by atoms with van der Waals surface area (Å²) >= 11 is 6.23. The first-order valence-electron chi connectivity index (χ1n) is 8.75. The molecule has 0 radical (unpaired) electrons. The van der Waals surface area contributed by atoms with Crippen LogP contribution in [-0.2, 0) is 9.53 Å². The Hall–Kier alpha value is -2.37. The molecule has 1 fully saturated rings. The number of benzene rings is 2. The summed E-state index contributed by atoms with van der Waals surface area (Å²) in [5.41, 5.74) is 2.75. The molecule has 0 bridgehead atoms. The molecule has 26 heavy (non-hydrogen) atoms. The van der Waals surface area contributed by atoms with E-state index in [1.54, 1.807) is 0 Å². The first-order valence-corrected chi connectivity index (χ1v) is 9.12. The predicted octanol–water partition coefficient (Wildman–Crippen LogP) is 3.78. The lowest BCUT2D eigenvalue weighted by atomic mass is 10.1. The van der Waals surface area contributed by atoms with Gasteiger partial charge in [-0.2, -0.15) is 5.10 Å². The molecule has 6 heteroatoms. The highest BCUT2D eigenvalue weighted by Gasteiger charge is 2.26. The molecule has 2 heterocycles. The third-order valence-corrected chi connectivity index (χ3v) is 5.00. The second-order valence-electron chi connectivity index (χ2n) is 6.43. The fourth-order valence-electron chi connectivity index (χ4n) is 3.37. The average Bonchev–Trinajstić information content (AvgIpc) is 3.07. The van der Waals surface area contributed by atoms with Crippen LogP contribution in [0.5, 0.6) is 0 Å². The van der Waals surface area contributed by atoms with Crippen molar-refractivity contribution in [2.24, 2.45) is 0 Å². The number of ether oxygens (including phenoxy) is 1. The van der Waals surface area contributed by atoms with Gasteiger partial charge in [0.2, 0.25) is 5.91 Å². The maximum atomic E-state index is 12.9. The molecule has 0 aliphatic carbocycles. The number of rotatable bonds is 3. The number of halogens is 1. The highest BCUT2D eigenvalue weighted by atomic mass is 35.5. The van der Waals surface area contributed by atoms with Crippen LogP contribution in [-0.4, -0.2) is 46.9 Å². The minimum Gasteiger partial charge on any atom is -0.378 e. The molecule has 0 N–H and O–H groups in total. The summed E-state index contributed by atoms with van der Waals surface area (Å²) in [6, 6.07) is 15.2. The van der Waals surface area contributed by atoms with Crippen molar-refractivity contribution in [3.05, 3.63) is 53.6 Å². The Bertz CT molecular complexity index is 933. The van der Waals surface area contributed by atoms with Crippen LogP contribution in [0.4, 0.5) is 0 Å². The van der Waals surface area contributed by atoms with E-state index in [-0.39, 0.29) is 5.91 Å². The molecule has 1 saturated heterocycles. The van der Waals surface area contributed by atoms with Crippen molar-refractivity contribution in [2.45, 2.75) is 13.0 Å². The number of fused-ring (bicyclic) bond motifs is 1. The molecule has 1 aromatic heterocycles. The van der Waals surface area contributed by atoms with Gasteiger partial charge in [0.1, 0.15) is 11.7 Å². The number of nitrogens with zero attached hydrogens (tertiary/aromatic N) is 3. The molecule has 1 unspecified atom stereocenters. The van der Waals surface area contributed by atoms with E-state index in [1.165, 1.54) is 0 Å². The summed E-state index contributed by atoms with van der Waals surface area (Å²) < 4.78 is 7.16. The van der Waals surface area contributed by atoms with Crippen molar-refractivity contribution < 1.29 is 9.53 Å². The summed E-state index contributed by atoms with van der Waals surface area (Å²) in [5.74, 6) is 0.0623. The standard InChI is InChI=1S/C20H20ClN3O2/c1-14(20(25)23-9-11-26-12-10-23)24-18-8-7-16(21)13-17(18)19(22-24)15-5-3-2-4-6-15/h2-8,13-14H,9-12H2,1H3. The van der Waals surface area contributed by atoms with Crippen LogP contribution in [0.25, 0.3) is 22.2 Å². The van der Waals surface area contributed by atoms with Crippen LogP contribution < -0.4 is 0 Å². The molecule has 5 nitrogen and oxygen atoms in total. The molecule has 4 rings (SSSR count). The molecular weight excluding hydrogens is 350 g/mol. The Balaban J connectivity index is 1.79. The van der Waals surface area contributed by atoms with Gasteiger partial charge in [0.25, 0.3) is 0 Å². The van der Waals surface area contributed by atoms with E-state index in [4.69, 9.17) is 21.4 Å². The van der Waals surface area contributed by atoms with Gasteiger partial charge in [-0.3, -0.25) is 9.48 Å². The van der Waals surface area contributed by atoms with E-state index in [1.807, 2.05) is 65.0 Å². The zero-order chi connectivity index (χ0) is 18.1. The second kappa shape index (κ2) is 7.09. The third kappa shape index (κ3) is 3.08. The number of hydrogen-bond acceptors (Lipinski definition) is 3. The van der Waals surface area contributed by atoms with E-state index in [0.717, 1.165) is 22.2 Å². The van der Waals surface area contributed by atoms with Crippen LogP contribution >= 0.6 is 11.6 Å². The quantitative estimate of drug-likeness (QED) is 0.706. The lowest BCUT2D eigenvalue weighted by Gasteiger charge is -2.29. The SMILES string of the molecule is CC(C(=O)N1CCOCC1)n1nc(-c2ccccc2)c2cc(Cl)ccc21. The minimum absolute atomic E-state index is 0.0623. The van der Waals surface area contributed by atoms with Crippen LogP contribution in [0.15, 0.2) is 48.5 Å². The molecule has 0 spiro atoms. The molecule has 134 valence electrons. The Kier molecular flexibility index (Phi) is 4.66. The van der Waals surface area contributed by atoms with Gasteiger partial charge in [0, 0.05) is 29.1 Å². The maximum absolute atomic E-state index is 12.9. The van der Waals surface area contributed by atoms with Gasteiger partial charge in [-0.25, -0.2) is 0 Å². The van der Waals surface area contributed by atoms with Crippen molar-refractivity contribution in [3.63, 3.8) is 0 Å². The number of amides is 1. The van der Waals surface area contributed by atoms with Crippen molar-refractivity contribution in [1.82, 2.24) is 14.7 Å². The molecule has 1 amide bonds. The van der Waals surface area contributed by atoms with Crippen LogP contribution in [0.1, 0.15) is 13.0 Å². The second-order valence-corrected chi connectivity index (χ2v) is 6.87. The van der Waals surface area contributed by atoms with Gasteiger partial charge in [-0.1, -0.05) is 41.9 Å². The van der Waals surface area contributed by atoms with E-state index < -0.39 is 6.04 Å². The topological polar surface area (TPSA) is 47.4 Å². The fourth-order valence-corrected chi connectivity index (χ4v) is 3.54. The molecule has 2 aromatic carbocycles. The molecule has 3 aromatic rings. The van der Waals surface area contributed by atoms with E-state index in [2.05, 4.69) is 0 Å². The van der Waals surface area contributed by atoms with Gasteiger partial charge in [0.05, 0.1) is 18.7 Å². The maximum Gasteiger partial charge on any atom is 0.247 e. The first-order chi connectivity index (χ1) is 12.6. The number of carbonyl (C=O) groups excluding carboxylic acids is 1. The lowest BCUT2D eigenvalue weighted by Crippen LogP contribution is -2.43. The van der Waals surface area contributed by atoms with Crippen molar-refractivity contribution in [2.75, 3.05) is 26.3 Å². The monoisotopic (exact) mass is 369 g/mol. The fraction of sp³-hybridized carbons (Fsp3) is 0.300. The van der Waals surface area contributed by atoms with E-state index in [9.17, 15) is 4.79 Å². The molecular formula is C20H20ClN3O2. The van der Waals surface area contributed by atoms with Gasteiger partial charge in [0.15, 0.2) is 0 Å². The van der Waals surface area contributed by atoms with E-state index >= 15 is 0 Å². The van der Waals surface area contributed by atoms with Crippen LogP contribution in [0.2, 0.25) is 5.02 Å². The van der Waals surface area contributed by atoms with Gasteiger partial charge >= 0.3 is 0 Å². The molecule has 1 atom stereocenters. The first kappa shape index (κ1) is 17.1. The summed E-state index contributed by atoms with van der Waals surface area (Å²) in [7, 11) is 0. The van der Waals surface area contributed by atoms with Crippen molar-refractivity contribution in [3.8, 4) is 11.3 Å². The largest absolute Gasteiger partial charge is 0.378 e. The van der Waals surface area contributed by atoms with Gasteiger partial charge < -0.3 is 9.64 Å². The lowest BCUT2D eigenvalue weighted by molar-refractivity contribution is -0.138. The average molecular weight is 370 g/mol. The number of hydrogen-bond donors (Lipinski definition) is 0. The predicted molar refractivity (Wildman–Crippen MR) is 102 cm³/mol. The molecule has 0 saturated carbocycles. The molecule has 1 aliphatic heterocycles. The number of morpholine rings is 1. The highest BCUT2D eigenvalue weighted by Crippen LogP contribution is 2.32. The van der Waals surface area contributed by atoms with Crippen molar-refractivity contribution >= 4 is 28.4 Å². The van der Waals surface area contributed by atoms with Gasteiger partial charge in [-0.05, 0) is 25.1 Å². The van der Waals surface area contributed by atoms with Crippen molar-refractivity contribution in [1.29, 1.82) is 0 Å². The third-order valence-electron chi connectivity index (χ3n) is 4.76. The van der Waals surface area contributed by atoms with Gasteiger partial charge in [-0.15, -0.1) is 0 Å². The Morgan fingerprint density at radius 2 is 1.88 bits per heavy atom. The van der Waals surface area contributed by atoms with Crippen LogP contribution in [0, 0.1) is 0 Å². The summed E-state index contributed by atoms with van der Waals surface area (Å²) in [5, 5.41) is 6.40. The Morgan fingerprint density at radius 3 is 2.62 bits per heavy atom. The normalized spacial score (nSPS) is 16.0. The molecule has 1 aliphatic rings. The summed E-state index contributed by atoms with van der Waals surface area (Å²) in [6.07, 6.45) is 0. The Morgan fingerprint density at radius 1 is 1.15 bits per heavy atom. The zero-order valence-corrected chi connectivity index (χ0v) is 15.3. The number of aromatic nitrogens is 2. The Labute approximate surface area is 157 Å². The minimum atomic E-state index is -0.394. The smallest absolute Gasteiger partial charge is 0.247 e. The summed E-state index contributed by atoms with van der Waals surface area (Å²) in [6.45, 7) is 4.32. The highest BCUT2D eigenvalue weighted by molar-refractivity contribution is 6.31. The van der Waals surface area contributed by atoms with E-state index in [0.29, 0.717) is 31.3 Å². The van der Waals surface area contributed by atoms with Crippen LogP contribution in [0.3, 0.4) is 0 Å². The zero-order valence-electron chi connectivity index (χ0n) is 14.6. The number of carbonyl (C=O) groups is 1. The summed E-state index contributed by atoms with van der Waals surface area (Å²) in [4.78, 5) is 14.8.